The third kappa shape index (κ3) is 5.48. The van der Waals surface area contributed by atoms with Gasteiger partial charge in [-0.05, 0) is 101 Å². The van der Waals surface area contributed by atoms with E-state index in [0.29, 0.717) is 0 Å². The van der Waals surface area contributed by atoms with Crippen LogP contribution in [-0.2, 0) is 0 Å². The number of thiophene rings is 1. The number of allylic oxidation sites excluding steroid dienone is 1. The lowest BCUT2D eigenvalue weighted by Crippen LogP contribution is -2.09. The van der Waals surface area contributed by atoms with Crippen molar-refractivity contribution in [2.24, 2.45) is 0 Å². The highest BCUT2D eigenvalue weighted by molar-refractivity contribution is 7.20. The van der Waals surface area contributed by atoms with Crippen molar-refractivity contribution in [3.8, 4) is 33.4 Å². The summed E-state index contributed by atoms with van der Waals surface area (Å²) in [7, 11) is 0. The summed E-state index contributed by atoms with van der Waals surface area (Å²) in [6, 6.07) is 54.6. The maximum absolute atomic E-state index is 2.36. The van der Waals surface area contributed by atoms with Gasteiger partial charge in [0.05, 0.1) is 0 Å². The maximum Gasteiger partial charge on any atom is 0.0476 e. The second kappa shape index (κ2) is 12.2. The predicted molar refractivity (Wildman–Crippen MR) is 192 cm³/mol. The van der Waals surface area contributed by atoms with Gasteiger partial charge in [-0.3, -0.25) is 0 Å². The maximum atomic E-state index is 2.36. The second-order valence-electron chi connectivity index (χ2n) is 11.0. The van der Waals surface area contributed by atoms with Crippen LogP contribution in [0.1, 0.15) is 17.4 Å². The number of aryl methyl sites for hydroxylation is 1. The van der Waals surface area contributed by atoms with Crippen LogP contribution < -0.4 is 4.90 Å². The van der Waals surface area contributed by atoms with Crippen LogP contribution in [0.4, 0.5) is 17.1 Å². The molecule has 212 valence electrons. The Labute approximate surface area is 264 Å². The van der Waals surface area contributed by atoms with Crippen molar-refractivity contribution < 1.29 is 0 Å². The smallest absolute Gasteiger partial charge is 0.0476 e. The van der Waals surface area contributed by atoms with E-state index in [2.05, 4.69) is 183 Å². The summed E-state index contributed by atoms with van der Waals surface area (Å²) >= 11 is 1.86. The summed E-state index contributed by atoms with van der Waals surface area (Å²) in [6.07, 6.45) is 4.33. The van der Waals surface area contributed by atoms with Crippen molar-refractivity contribution in [1.29, 1.82) is 0 Å². The molecule has 6 aromatic carbocycles. The minimum absolute atomic E-state index is 1.13. The Bertz CT molecular complexity index is 2030. The van der Waals surface area contributed by atoms with E-state index in [1.165, 1.54) is 53.9 Å². The quantitative estimate of drug-likeness (QED) is 0.180. The number of hydrogen-bond donors (Lipinski definition) is 0. The molecule has 1 nitrogen and oxygen atoms in total. The van der Waals surface area contributed by atoms with Crippen LogP contribution in [0.15, 0.2) is 158 Å². The molecular formula is C42H33NS. The Morgan fingerprint density at radius 1 is 0.477 bits per heavy atom. The number of nitrogens with zero attached hydrogens (tertiary/aromatic N) is 1. The van der Waals surface area contributed by atoms with Gasteiger partial charge >= 0.3 is 0 Å². The summed E-state index contributed by atoms with van der Waals surface area (Å²) < 4.78 is 1.30. The first-order valence-electron chi connectivity index (χ1n) is 15.1. The average Bonchev–Trinajstić information content (AvgIpc) is 3.40. The molecule has 0 saturated heterocycles. The number of rotatable bonds is 7. The molecule has 0 saturated carbocycles. The first-order valence-corrected chi connectivity index (χ1v) is 15.9. The van der Waals surface area contributed by atoms with E-state index < -0.39 is 0 Å². The zero-order valence-corrected chi connectivity index (χ0v) is 25.8. The lowest BCUT2D eigenvalue weighted by atomic mass is 10.00. The molecule has 0 spiro atoms. The molecule has 0 radical (unpaired) electrons. The summed E-state index contributed by atoms with van der Waals surface area (Å²) in [5, 5.41) is 1.32. The van der Waals surface area contributed by atoms with Gasteiger partial charge in [-0.15, -0.1) is 11.3 Å². The molecule has 0 N–H and O–H groups in total. The van der Waals surface area contributed by atoms with Crippen molar-refractivity contribution in [3.05, 3.63) is 168 Å². The van der Waals surface area contributed by atoms with Crippen LogP contribution in [0, 0.1) is 6.92 Å². The zero-order chi connectivity index (χ0) is 29.9. The lowest BCUT2D eigenvalue weighted by molar-refractivity contribution is 1.29. The highest BCUT2D eigenvalue weighted by Gasteiger charge is 2.16. The molecule has 1 aromatic heterocycles. The van der Waals surface area contributed by atoms with Gasteiger partial charge in [0.1, 0.15) is 0 Å². The van der Waals surface area contributed by atoms with Gasteiger partial charge < -0.3 is 4.90 Å². The van der Waals surface area contributed by atoms with E-state index in [1.54, 1.807) is 0 Å². The van der Waals surface area contributed by atoms with Gasteiger partial charge in [-0.2, -0.15) is 0 Å². The van der Waals surface area contributed by atoms with Gasteiger partial charge in [0, 0.05) is 26.6 Å². The fraction of sp³-hybridized carbons (Fsp3) is 0.0476. The van der Waals surface area contributed by atoms with Crippen LogP contribution in [0.3, 0.4) is 0 Å². The Hall–Kier alpha value is -5.18. The molecule has 0 amide bonds. The van der Waals surface area contributed by atoms with Gasteiger partial charge in [-0.1, -0.05) is 121 Å². The van der Waals surface area contributed by atoms with Crippen LogP contribution in [0.5, 0.6) is 0 Å². The molecule has 0 aliphatic rings. The summed E-state index contributed by atoms with van der Waals surface area (Å²) in [6.45, 7) is 4.30. The van der Waals surface area contributed by atoms with Crippen molar-refractivity contribution in [3.63, 3.8) is 0 Å². The van der Waals surface area contributed by atoms with Crippen LogP contribution in [0.2, 0.25) is 0 Å². The van der Waals surface area contributed by atoms with Gasteiger partial charge in [0.25, 0.3) is 0 Å². The molecule has 0 atom stereocenters. The molecule has 7 aromatic rings. The van der Waals surface area contributed by atoms with Crippen LogP contribution in [-0.4, -0.2) is 0 Å². The van der Waals surface area contributed by atoms with E-state index in [0.717, 1.165) is 17.1 Å². The van der Waals surface area contributed by atoms with Crippen molar-refractivity contribution in [2.75, 3.05) is 4.90 Å². The zero-order valence-electron chi connectivity index (χ0n) is 24.9. The van der Waals surface area contributed by atoms with Gasteiger partial charge in [0.2, 0.25) is 0 Å². The largest absolute Gasteiger partial charge is 0.310 e. The topological polar surface area (TPSA) is 3.24 Å². The molecule has 0 aliphatic carbocycles. The number of fused-ring (bicyclic) bond motifs is 1. The van der Waals surface area contributed by atoms with E-state index in [9.17, 15) is 0 Å². The Morgan fingerprint density at radius 3 is 1.34 bits per heavy atom. The molecule has 2 heteroatoms. The molecule has 44 heavy (non-hydrogen) atoms. The monoisotopic (exact) mass is 583 g/mol. The molecule has 7 rings (SSSR count). The highest BCUT2D eigenvalue weighted by Crippen LogP contribution is 2.41. The summed E-state index contributed by atoms with van der Waals surface area (Å²) in [5.41, 5.74) is 12.1. The molecule has 0 bridgehead atoms. The molecule has 0 unspecified atom stereocenters. The number of benzene rings is 6. The van der Waals surface area contributed by atoms with Crippen LogP contribution >= 0.6 is 11.3 Å². The first-order chi connectivity index (χ1) is 21.7. The van der Waals surface area contributed by atoms with E-state index in [-0.39, 0.29) is 0 Å². The van der Waals surface area contributed by atoms with Crippen molar-refractivity contribution in [1.82, 2.24) is 0 Å². The normalized spacial score (nSPS) is 11.3. The van der Waals surface area contributed by atoms with Gasteiger partial charge in [0.15, 0.2) is 0 Å². The summed E-state index contributed by atoms with van der Waals surface area (Å²) in [5.74, 6) is 0. The Balaban J connectivity index is 1.26. The Kier molecular flexibility index (Phi) is 7.67. The Morgan fingerprint density at radius 2 is 0.886 bits per heavy atom. The molecule has 0 fully saturated rings. The van der Waals surface area contributed by atoms with Crippen molar-refractivity contribution in [2.45, 2.75) is 13.8 Å². The predicted octanol–water partition coefficient (Wildman–Crippen LogP) is 12.7. The third-order valence-electron chi connectivity index (χ3n) is 8.22. The number of anilines is 3. The molecular weight excluding hydrogens is 551 g/mol. The highest BCUT2D eigenvalue weighted by atomic mass is 32.1. The SMILES string of the molecule is C/C=C\c1sc2cc(N(c3ccc(-c4ccccc4)cc3)c3ccc(-c4ccc(-c5ccccc5)cc4)cc3)ccc2c1C. The lowest BCUT2D eigenvalue weighted by Gasteiger charge is -2.26. The van der Waals surface area contributed by atoms with Crippen molar-refractivity contribution >= 4 is 44.6 Å². The second-order valence-corrected chi connectivity index (χ2v) is 12.1. The van der Waals surface area contributed by atoms with Gasteiger partial charge in [-0.25, -0.2) is 0 Å². The van der Waals surface area contributed by atoms with E-state index >= 15 is 0 Å². The number of hydrogen-bond acceptors (Lipinski definition) is 2. The van der Waals surface area contributed by atoms with E-state index in [4.69, 9.17) is 0 Å². The third-order valence-corrected chi connectivity index (χ3v) is 9.44. The summed E-state index contributed by atoms with van der Waals surface area (Å²) in [4.78, 5) is 3.68. The molecule has 1 heterocycles. The molecule has 0 aliphatic heterocycles. The van der Waals surface area contributed by atoms with E-state index in [1.807, 2.05) is 11.3 Å². The minimum atomic E-state index is 1.13. The minimum Gasteiger partial charge on any atom is -0.310 e. The average molecular weight is 584 g/mol. The van der Waals surface area contributed by atoms with Crippen LogP contribution in [0.25, 0.3) is 49.5 Å². The standard InChI is InChI=1S/C42H33NS/c1-3-10-41-30(2)40-28-27-39(29-42(40)44-41)43(37-23-19-35(20-24-37)32-13-8-5-9-14-32)38-25-21-36(22-26-38)34-17-15-33(16-18-34)31-11-6-4-7-12-31/h3-29H,1-2H3/b10-3-. The fourth-order valence-electron chi connectivity index (χ4n) is 5.85. The first kappa shape index (κ1) is 27.6. The fourth-order valence-corrected chi connectivity index (χ4v) is 7.07.